The van der Waals surface area contributed by atoms with Crippen molar-refractivity contribution < 1.29 is 0 Å². The van der Waals surface area contributed by atoms with Gasteiger partial charge in [-0.15, -0.1) is 0 Å². The summed E-state index contributed by atoms with van der Waals surface area (Å²) in [6.45, 7) is 2.66. The van der Waals surface area contributed by atoms with Crippen molar-refractivity contribution in [3.05, 3.63) is 16.5 Å². The molecule has 2 N–H and O–H groups in total. The Balaban J connectivity index is 2.72. The minimum Gasteiger partial charge on any atom is -0.363 e. The molecule has 7 heteroatoms. The van der Waals surface area contributed by atoms with Crippen molar-refractivity contribution in [3.63, 3.8) is 0 Å². The first kappa shape index (κ1) is 11.4. The lowest BCUT2D eigenvalue weighted by Gasteiger charge is -2.08. The molecule has 0 fully saturated rings. The van der Waals surface area contributed by atoms with Crippen LogP contribution >= 0.6 is 35.4 Å². The number of anilines is 1. The smallest absolute Gasteiger partial charge is 0.173 e. The van der Waals surface area contributed by atoms with E-state index in [0.717, 1.165) is 6.54 Å². The van der Waals surface area contributed by atoms with Crippen molar-refractivity contribution in [2.45, 2.75) is 6.92 Å². The molecule has 1 aromatic heterocycles. The molecule has 76 valence electrons. The SMILES string of the molecule is CCNC(=S)Nc1ncc(Cl)nc1Cl. The van der Waals surface area contributed by atoms with Gasteiger partial charge >= 0.3 is 0 Å². The van der Waals surface area contributed by atoms with Crippen molar-refractivity contribution in [1.29, 1.82) is 0 Å². The highest BCUT2D eigenvalue weighted by Crippen LogP contribution is 2.17. The van der Waals surface area contributed by atoms with Crippen molar-refractivity contribution in [1.82, 2.24) is 15.3 Å². The highest BCUT2D eigenvalue weighted by atomic mass is 35.5. The topological polar surface area (TPSA) is 49.8 Å². The lowest BCUT2D eigenvalue weighted by Crippen LogP contribution is -2.28. The van der Waals surface area contributed by atoms with Crippen molar-refractivity contribution >= 4 is 46.4 Å². The lowest BCUT2D eigenvalue weighted by atomic mass is 10.6. The van der Waals surface area contributed by atoms with E-state index in [1.54, 1.807) is 0 Å². The first-order valence-electron chi connectivity index (χ1n) is 3.86. The van der Waals surface area contributed by atoms with Gasteiger partial charge in [-0.3, -0.25) is 0 Å². The molecular weight excluding hydrogens is 243 g/mol. The summed E-state index contributed by atoms with van der Waals surface area (Å²) >= 11 is 16.3. The average molecular weight is 251 g/mol. The molecule has 0 aliphatic carbocycles. The molecule has 4 nitrogen and oxygen atoms in total. The Hall–Kier alpha value is -0.650. The number of rotatable bonds is 2. The van der Waals surface area contributed by atoms with Crippen LogP contribution in [-0.4, -0.2) is 21.6 Å². The molecule has 0 radical (unpaired) electrons. The van der Waals surface area contributed by atoms with Gasteiger partial charge in [0.25, 0.3) is 0 Å². The molecule has 0 saturated heterocycles. The summed E-state index contributed by atoms with van der Waals surface area (Å²) in [4.78, 5) is 7.74. The van der Waals surface area contributed by atoms with Crippen molar-refractivity contribution in [2.75, 3.05) is 11.9 Å². The summed E-state index contributed by atoms with van der Waals surface area (Å²) in [5.41, 5.74) is 0. The van der Waals surface area contributed by atoms with Gasteiger partial charge in [0, 0.05) is 6.54 Å². The van der Waals surface area contributed by atoms with E-state index in [0.29, 0.717) is 10.9 Å². The molecular formula is C7H8Cl2N4S. The van der Waals surface area contributed by atoms with Gasteiger partial charge in [-0.2, -0.15) is 0 Å². The van der Waals surface area contributed by atoms with Gasteiger partial charge < -0.3 is 10.6 Å². The van der Waals surface area contributed by atoms with Crippen LogP contribution in [0.4, 0.5) is 5.82 Å². The zero-order chi connectivity index (χ0) is 10.6. The van der Waals surface area contributed by atoms with Crippen LogP contribution in [0.3, 0.4) is 0 Å². The van der Waals surface area contributed by atoms with Crippen LogP contribution in [0.15, 0.2) is 6.20 Å². The van der Waals surface area contributed by atoms with Crippen molar-refractivity contribution in [2.24, 2.45) is 0 Å². The van der Waals surface area contributed by atoms with Gasteiger partial charge in [0.2, 0.25) is 0 Å². The summed E-state index contributed by atoms with van der Waals surface area (Å²) in [6, 6.07) is 0. The standard InChI is InChI=1S/C7H8Cl2N4S/c1-2-10-7(14)13-6-5(9)12-4(8)3-11-6/h3H,2H2,1H3,(H2,10,11,13,14). The van der Waals surface area contributed by atoms with Gasteiger partial charge in [-0.05, 0) is 19.1 Å². The zero-order valence-electron chi connectivity index (χ0n) is 7.34. The van der Waals surface area contributed by atoms with Crippen LogP contribution in [0.1, 0.15) is 6.92 Å². The van der Waals surface area contributed by atoms with Gasteiger partial charge in [-0.25, -0.2) is 9.97 Å². The number of halogens is 2. The zero-order valence-corrected chi connectivity index (χ0v) is 9.67. The Morgan fingerprint density at radius 2 is 2.29 bits per heavy atom. The Bertz CT molecular complexity index is 344. The van der Waals surface area contributed by atoms with E-state index in [-0.39, 0.29) is 10.3 Å². The molecule has 0 aliphatic rings. The van der Waals surface area contributed by atoms with Crippen LogP contribution in [0.25, 0.3) is 0 Å². The quantitative estimate of drug-likeness (QED) is 0.788. The largest absolute Gasteiger partial charge is 0.363 e. The van der Waals surface area contributed by atoms with Gasteiger partial charge in [-0.1, -0.05) is 23.2 Å². The summed E-state index contributed by atoms with van der Waals surface area (Å²) in [6.07, 6.45) is 1.39. The number of thiocarbonyl (C=S) groups is 1. The van der Waals surface area contributed by atoms with Crippen LogP contribution in [0.5, 0.6) is 0 Å². The Morgan fingerprint density at radius 3 is 2.86 bits per heavy atom. The van der Waals surface area contributed by atoms with E-state index in [1.807, 2.05) is 6.92 Å². The highest BCUT2D eigenvalue weighted by molar-refractivity contribution is 7.80. The third kappa shape index (κ3) is 3.25. The number of nitrogens with zero attached hydrogens (tertiary/aromatic N) is 2. The normalized spacial score (nSPS) is 9.64. The van der Waals surface area contributed by atoms with E-state index >= 15 is 0 Å². The maximum absolute atomic E-state index is 5.77. The maximum atomic E-state index is 5.77. The third-order valence-electron chi connectivity index (χ3n) is 1.27. The molecule has 1 heterocycles. The molecule has 1 rings (SSSR count). The Labute approximate surface area is 97.0 Å². The van der Waals surface area contributed by atoms with Crippen molar-refractivity contribution in [3.8, 4) is 0 Å². The monoisotopic (exact) mass is 250 g/mol. The highest BCUT2D eigenvalue weighted by Gasteiger charge is 2.05. The van der Waals surface area contributed by atoms with E-state index in [2.05, 4.69) is 20.6 Å². The molecule has 0 atom stereocenters. The first-order chi connectivity index (χ1) is 6.63. The summed E-state index contributed by atoms with van der Waals surface area (Å²) in [5, 5.41) is 6.58. The van der Waals surface area contributed by atoms with Gasteiger partial charge in [0.05, 0.1) is 6.20 Å². The fraction of sp³-hybridized carbons (Fsp3) is 0.286. The Morgan fingerprint density at radius 1 is 1.57 bits per heavy atom. The Kier molecular flexibility index (Phi) is 4.31. The van der Waals surface area contributed by atoms with Crippen LogP contribution < -0.4 is 10.6 Å². The molecule has 0 aliphatic heterocycles. The minimum atomic E-state index is 0.192. The maximum Gasteiger partial charge on any atom is 0.173 e. The molecule has 0 bridgehead atoms. The molecule has 1 aromatic rings. The van der Waals surface area contributed by atoms with Gasteiger partial charge in [0.15, 0.2) is 16.1 Å². The summed E-state index contributed by atoms with van der Waals surface area (Å²) in [7, 11) is 0. The number of hydrogen-bond donors (Lipinski definition) is 2. The van der Waals surface area contributed by atoms with E-state index in [1.165, 1.54) is 6.20 Å². The fourth-order valence-corrected chi connectivity index (χ4v) is 1.35. The summed E-state index contributed by atoms with van der Waals surface area (Å²) < 4.78 is 0. The van der Waals surface area contributed by atoms with E-state index in [4.69, 9.17) is 35.4 Å². The predicted molar refractivity (Wildman–Crippen MR) is 61.9 cm³/mol. The number of nitrogens with one attached hydrogen (secondary N) is 2. The minimum absolute atomic E-state index is 0.192. The van der Waals surface area contributed by atoms with Crippen LogP contribution in [-0.2, 0) is 0 Å². The lowest BCUT2D eigenvalue weighted by molar-refractivity contribution is 0.977. The number of hydrogen-bond acceptors (Lipinski definition) is 3. The fourth-order valence-electron chi connectivity index (χ4n) is 0.743. The number of aromatic nitrogens is 2. The molecule has 0 unspecified atom stereocenters. The molecule has 0 aromatic carbocycles. The second kappa shape index (κ2) is 5.29. The molecule has 0 spiro atoms. The second-order valence-electron chi connectivity index (χ2n) is 2.32. The van der Waals surface area contributed by atoms with Crippen LogP contribution in [0, 0.1) is 0 Å². The molecule has 0 saturated carbocycles. The predicted octanol–water partition coefficient (Wildman–Crippen LogP) is 2.09. The first-order valence-corrected chi connectivity index (χ1v) is 5.02. The average Bonchev–Trinajstić information content (AvgIpc) is 2.10. The molecule has 14 heavy (non-hydrogen) atoms. The van der Waals surface area contributed by atoms with E-state index in [9.17, 15) is 0 Å². The summed E-state index contributed by atoms with van der Waals surface area (Å²) in [5.74, 6) is 0.391. The van der Waals surface area contributed by atoms with E-state index < -0.39 is 0 Å². The van der Waals surface area contributed by atoms with Gasteiger partial charge in [0.1, 0.15) is 5.15 Å². The third-order valence-corrected chi connectivity index (χ3v) is 1.96. The second-order valence-corrected chi connectivity index (χ2v) is 3.47. The van der Waals surface area contributed by atoms with Crippen LogP contribution in [0.2, 0.25) is 10.3 Å². The molecule has 0 amide bonds.